The number of hydrogen-bond donors (Lipinski definition) is 2. The molecule has 0 radical (unpaired) electrons. The third-order valence-electron chi connectivity index (χ3n) is 3.75. The van der Waals surface area contributed by atoms with Gasteiger partial charge in [0.15, 0.2) is 0 Å². The molecule has 1 aliphatic carbocycles. The van der Waals surface area contributed by atoms with Crippen molar-refractivity contribution in [1.29, 1.82) is 0 Å². The van der Waals surface area contributed by atoms with Gasteiger partial charge in [-0.1, -0.05) is 41.6 Å². The fourth-order valence-electron chi connectivity index (χ4n) is 2.49. The van der Waals surface area contributed by atoms with Gasteiger partial charge in [0.1, 0.15) is 0 Å². The fourth-order valence-corrected chi connectivity index (χ4v) is 3.87. The Kier molecular flexibility index (Phi) is 5.23. The highest BCUT2D eigenvalue weighted by atomic mass is 79.9. The van der Waals surface area contributed by atoms with Gasteiger partial charge in [0.25, 0.3) is 0 Å². The zero-order valence-electron chi connectivity index (χ0n) is 11.3. The summed E-state index contributed by atoms with van der Waals surface area (Å²) in [6.45, 7) is 0.0887. The van der Waals surface area contributed by atoms with E-state index < -0.39 is 15.6 Å². The minimum absolute atomic E-state index is 0.0887. The van der Waals surface area contributed by atoms with Crippen molar-refractivity contribution in [2.75, 3.05) is 6.54 Å². The van der Waals surface area contributed by atoms with E-state index in [-0.39, 0.29) is 11.4 Å². The van der Waals surface area contributed by atoms with Crippen LogP contribution in [0.2, 0.25) is 0 Å². The minimum Gasteiger partial charge on any atom is -0.389 e. The Balaban J connectivity index is 2.03. The summed E-state index contributed by atoms with van der Waals surface area (Å²) in [4.78, 5) is 0.220. The molecular formula is C14H20BrNO3S. The maximum Gasteiger partial charge on any atom is 0.240 e. The lowest BCUT2D eigenvalue weighted by molar-refractivity contribution is 0.0303. The van der Waals surface area contributed by atoms with Gasteiger partial charge in [0, 0.05) is 11.0 Å². The third kappa shape index (κ3) is 4.28. The van der Waals surface area contributed by atoms with E-state index in [1.165, 1.54) is 0 Å². The molecule has 1 fully saturated rings. The van der Waals surface area contributed by atoms with Crippen molar-refractivity contribution in [3.05, 3.63) is 28.7 Å². The van der Waals surface area contributed by atoms with Gasteiger partial charge in [0.2, 0.25) is 10.0 Å². The summed E-state index contributed by atoms with van der Waals surface area (Å²) in [5.74, 6) is 0. The molecule has 0 saturated heterocycles. The zero-order valence-corrected chi connectivity index (χ0v) is 13.7. The molecule has 2 rings (SSSR count). The first-order valence-electron chi connectivity index (χ1n) is 6.89. The lowest BCUT2D eigenvalue weighted by Crippen LogP contribution is -2.42. The average Bonchev–Trinajstić information content (AvgIpc) is 2.63. The monoisotopic (exact) mass is 361 g/mol. The molecule has 0 aliphatic heterocycles. The van der Waals surface area contributed by atoms with Crippen LogP contribution < -0.4 is 4.72 Å². The second kappa shape index (κ2) is 6.56. The van der Waals surface area contributed by atoms with Crippen molar-refractivity contribution in [3.8, 4) is 0 Å². The van der Waals surface area contributed by atoms with Gasteiger partial charge >= 0.3 is 0 Å². The topological polar surface area (TPSA) is 66.4 Å². The van der Waals surface area contributed by atoms with Crippen LogP contribution in [0.3, 0.4) is 0 Å². The third-order valence-corrected chi connectivity index (χ3v) is 5.70. The summed E-state index contributed by atoms with van der Waals surface area (Å²) in [5, 5.41) is 10.5. The Labute approximate surface area is 128 Å². The van der Waals surface area contributed by atoms with Crippen molar-refractivity contribution in [3.63, 3.8) is 0 Å². The van der Waals surface area contributed by atoms with E-state index in [4.69, 9.17) is 0 Å². The molecule has 112 valence electrons. The molecule has 2 N–H and O–H groups in total. The lowest BCUT2D eigenvalue weighted by Gasteiger charge is -2.26. The number of halogens is 1. The van der Waals surface area contributed by atoms with Gasteiger partial charge in [-0.05, 0) is 37.1 Å². The molecule has 0 bridgehead atoms. The largest absolute Gasteiger partial charge is 0.389 e. The molecule has 0 aromatic heterocycles. The summed E-state index contributed by atoms with van der Waals surface area (Å²) in [6, 6.07) is 6.47. The summed E-state index contributed by atoms with van der Waals surface area (Å²) >= 11 is 3.28. The summed E-state index contributed by atoms with van der Waals surface area (Å²) in [5.41, 5.74) is -0.904. The number of aliphatic hydroxyl groups is 1. The Hall–Kier alpha value is -0.430. The first-order chi connectivity index (χ1) is 9.41. The fraction of sp³-hybridized carbons (Fsp3) is 0.571. The molecule has 0 spiro atoms. The van der Waals surface area contributed by atoms with Crippen molar-refractivity contribution < 1.29 is 13.5 Å². The van der Waals surface area contributed by atoms with Crippen LogP contribution in [0, 0.1) is 0 Å². The highest BCUT2D eigenvalue weighted by Gasteiger charge is 2.29. The molecule has 1 saturated carbocycles. The molecule has 1 aromatic carbocycles. The normalized spacial score (nSPS) is 19.5. The van der Waals surface area contributed by atoms with Crippen LogP contribution in [0.4, 0.5) is 0 Å². The van der Waals surface area contributed by atoms with E-state index in [1.54, 1.807) is 24.3 Å². The smallest absolute Gasteiger partial charge is 0.240 e. The van der Waals surface area contributed by atoms with Crippen LogP contribution in [-0.4, -0.2) is 25.7 Å². The lowest BCUT2D eigenvalue weighted by atomic mass is 9.95. The summed E-state index contributed by atoms with van der Waals surface area (Å²) in [7, 11) is -3.56. The first kappa shape index (κ1) is 15.9. The van der Waals surface area contributed by atoms with Crippen LogP contribution in [0.1, 0.15) is 38.5 Å². The van der Waals surface area contributed by atoms with Crippen molar-refractivity contribution >= 4 is 26.0 Å². The molecule has 1 aliphatic rings. The van der Waals surface area contributed by atoms with E-state index in [9.17, 15) is 13.5 Å². The van der Waals surface area contributed by atoms with Crippen molar-refractivity contribution in [2.24, 2.45) is 0 Å². The number of nitrogens with one attached hydrogen (secondary N) is 1. The molecule has 0 heterocycles. The Bertz CT molecular complexity index is 534. The predicted octanol–water partition coefficient (Wildman–Crippen LogP) is 2.81. The highest BCUT2D eigenvalue weighted by molar-refractivity contribution is 9.10. The van der Waals surface area contributed by atoms with Crippen molar-refractivity contribution in [2.45, 2.75) is 49.0 Å². The number of sulfonamides is 1. The molecule has 1 aromatic rings. The van der Waals surface area contributed by atoms with Gasteiger partial charge < -0.3 is 5.11 Å². The van der Waals surface area contributed by atoms with Crippen LogP contribution in [-0.2, 0) is 10.0 Å². The van der Waals surface area contributed by atoms with E-state index >= 15 is 0 Å². The zero-order chi connectivity index (χ0) is 14.6. The SMILES string of the molecule is O=S(=O)(NCC1(O)CCCCCC1)c1ccc(Br)cc1. The molecule has 0 atom stereocenters. The number of benzene rings is 1. The molecule has 20 heavy (non-hydrogen) atoms. The summed E-state index contributed by atoms with van der Waals surface area (Å²) in [6.07, 6.45) is 5.46. The van der Waals surface area contributed by atoms with E-state index in [2.05, 4.69) is 20.7 Å². The predicted molar refractivity (Wildman–Crippen MR) is 82.0 cm³/mol. The molecule has 0 unspecified atom stereocenters. The Morgan fingerprint density at radius 1 is 1.10 bits per heavy atom. The Morgan fingerprint density at radius 2 is 1.65 bits per heavy atom. The van der Waals surface area contributed by atoms with E-state index in [0.29, 0.717) is 12.8 Å². The molecular weight excluding hydrogens is 342 g/mol. The number of hydrogen-bond acceptors (Lipinski definition) is 3. The van der Waals surface area contributed by atoms with Gasteiger partial charge in [-0.2, -0.15) is 0 Å². The minimum atomic E-state index is -3.56. The Morgan fingerprint density at radius 3 is 2.20 bits per heavy atom. The van der Waals surface area contributed by atoms with Gasteiger partial charge in [-0.25, -0.2) is 13.1 Å². The van der Waals surface area contributed by atoms with Gasteiger partial charge in [0.05, 0.1) is 10.5 Å². The standard InChI is InChI=1S/C14H20BrNO3S/c15-12-5-7-13(8-6-12)20(18,19)16-11-14(17)9-3-1-2-4-10-14/h5-8,16-17H,1-4,9-11H2. The van der Waals surface area contributed by atoms with E-state index in [0.717, 1.165) is 30.2 Å². The molecule has 4 nitrogen and oxygen atoms in total. The first-order valence-corrected chi connectivity index (χ1v) is 9.17. The highest BCUT2D eigenvalue weighted by Crippen LogP contribution is 2.26. The second-order valence-corrected chi connectivity index (χ2v) is 8.10. The maximum atomic E-state index is 12.2. The average molecular weight is 362 g/mol. The molecule has 0 amide bonds. The summed E-state index contributed by atoms with van der Waals surface area (Å²) < 4.78 is 27.7. The van der Waals surface area contributed by atoms with Crippen LogP contribution >= 0.6 is 15.9 Å². The van der Waals surface area contributed by atoms with Crippen LogP contribution in [0.5, 0.6) is 0 Å². The molecule has 6 heteroatoms. The van der Waals surface area contributed by atoms with Crippen LogP contribution in [0.15, 0.2) is 33.6 Å². The quantitative estimate of drug-likeness (QED) is 0.810. The van der Waals surface area contributed by atoms with E-state index in [1.807, 2.05) is 0 Å². The van der Waals surface area contributed by atoms with Crippen molar-refractivity contribution in [1.82, 2.24) is 4.72 Å². The maximum absolute atomic E-state index is 12.2. The second-order valence-electron chi connectivity index (χ2n) is 5.42. The van der Waals surface area contributed by atoms with Gasteiger partial charge in [-0.3, -0.25) is 0 Å². The number of rotatable bonds is 4. The van der Waals surface area contributed by atoms with Gasteiger partial charge in [-0.15, -0.1) is 0 Å². The van der Waals surface area contributed by atoms with Crippen LogP contribution in [0.25, 0.3) is 0 Å².